The van der Waals surface area contributed by atoms with E-state index < -0.39 is 5.60 Å². The maximum atomic E-state index is 12.8. The van der Waals surface area contributed by atoms with Gasteiger partial charge in [-0.2, -0.15) is 0 Å². The fourth-order valence-electron chi connectivity index (χ4n) is 4.46. The van der Waals surface area contributed by atoms with Crippen LogP contribution >= 0.6 is 0 Å². The number of carbonyl (C=O) groups excluding carboxylic acids is 2. The normalized spacial score (nSPS) is 37.3. The average molecular weight is 312 g/mol. The Morgan fingerprint density at radius 3 is 2.65 bits per heavy atom. The first-order chi connectivity index (χ1) is 10.6. The molecule has 0 saturated heterocycles. The molecule has 1 saturated carbocycles. The summed E-state index contributed by atoms with van der Waals surface area (Å²) in [6.45, 7) is 13.6. The maximum Gasteiger partial charge on any atom is 0.191 e. The molecule has 1 N–H and O–H groups in total. The number of carbonyl (C=O) groups is 2. The molecule has 23 heavy (non-hydrogen) atoms. The number of aliphatic hydroxyl groups is 1. The van der Waals surface area contributed by atoms with E-state index in [2.05, 4.69) is 13.2 Å². The molecule has 3 aliphatic rings. The molecule has 0 aromatic heterocycles. The summed E-state index contributed by atoms with van der Waals surface area (Å²) < 4.78 is 0. The highest BCUT2D eigenvalue weighted by molar-refractivity contribution is 6.19. The second kappa shape index (κ2) is 5.13. The van der Waals surface area contributed by atoms with Crippen molar-refractivity contribution in [2.45, 2.75) is 45.6 Å². The molecule has 0 bridgehead atoms. The molecule has 122 valence electrons. The van der Waals surface area contributed by atoms with Crippen LogP contribution in [0.1, 0.15) is 40.0 Å². The van der Waals surface area contributed by atoms with Crippen LogP contribution in [-0.2, 0) is 9.59 Å². The highest BCUT2D eigenvalue weighted by Crippen LogP contribution is 2.51. The van der Waals surface area contributed by atoms with Crippen molar-refractivity contribution in [3.05, 3.63) is 47.1 Å². The highest BCUT2D eigenvalue weighted by atomic mass is 16.3. The molecule has 0 heterocycles. The van der Waals surface area contributed by atoms with Crippen molar-refractivity contribution in [3.8, 4) is 0 Å². The van der Waals surface area contributed by atoms with Gasteiger partial charge in [0, 0.05) is 23.5 Å². The third-order valence-electron chi connectivity index (χ3n) is 5.66. The van der Waals surface area contributed by atoms with Crippen LogP contribution in [0.5, 0.6) is 0 Å². The van der Waals surface area contributed by atoms with Gasteiger partial charge in [0.1, 0.15) is 5.60 Å². The summed E-state index contributed by atoms with van der Waals surface area (Å²) >= 11 is 0. The van der Waals surface area contributed by atoms with Crippen LogP contribution in [0, 0.1) is 17.8 Å². The summed E-state index contributed by atoms with van der Waals surface area (Å²) in [4.78, 5) is 25.5. The van der Waals surface area contributed by atoms with Crippen molar-refractivity contribution in [1.82, 2.24) is 0 Å². The summed E-state index contributed by atoms with van der Waals surface area (Å²) in [5.41, 5.74) is 2.25. The molecule has 0 aromatic rings. The summed E-state index contributed by atoms with van der Waals surface area (Å²) in [5, 5.41) is 10.4. The van der Waals surface area contributed by atoms with E-state index in [-0.39, 0.29) is 35.7 Å². The molecule has 0 aromatic carbocycles. The molecule has 3 aliphatic carbocycles. The van der Waals surface area contributed by atoms with Crippen molar-refractivity contribution >= 4 is 11.6 Å². The van der Waals surface area contributed by atoms with Crippen LogP contribution in [0.3, 0.4) is 0 Å². The van der Waals surface area contributed by atoms with E-state index in [0.29, 0.717) is 16.7 Å². The molecule has 0 aliphatic heterocycles. The average Bonchev–Trinajstić information content (AvgIpc) is 2.62. The largest absolute Gasteiger partial charge is 0.382 e. The maximum absolute atomic E-state index is 12.8. The number of ketones is 2. The van der Waals surface area contributed by atoms with E-state index in [1.54, 1.807) is 6.92 Å². The molecular weight excluding hydrogens is 288 g/mol. The summed E-state index contributed by atoms with van der Waals surface area (Å²) in [5.74, 6) is -0.318. The Hall–Kier alpha value is -1.74. The molecule has 3 heteroatoms. The third kappa shape index (κ3) is 2.29. The van der Waals surface area contributed by atoms with Crippen LogP contribution < -0.4 is 0 Å². The lowest BCUT2D eigenvalue weighted by molar-refractivity contribution is -0.130. The van der Waals surface area contributed by atoms with E-state index >= 15 is 0 Å². The molecular formula is C20H24O3. The number of hydrogen-bond donors (Lipinski definition) is 1. The van der Waals surface area contributed by atoms with Gasteiger partial charge in [-0.25, -0.2) is 0 Å². The Bertz CT molecular complexity index is 702. The van der Waals surface area contributed by atoms with Gasteiger partial charge in [-0.1, -0.05) is 30.4 Å². The molecule has 0 spiro atoms. The van der Waals surface area contributed by atoms with Gasteiger partial charge >= 0.3 is 0 Å². The molecule has 0 unspecified atom stereocenters. The SMILES string of the molecule is C=C1CC[C@@H](C(=C)C)[C@@H]2C=C(C)C(=O)C3=C(C(=O)[C@@](C)(O)C3)[C@@H]12. The van der Waals surface area contributed by atoms with Gasteiger partial charge in [-0.3, -0.25) is 9.59 Å². The first-order valence-corrected chi connectivity index (χ1v) is 8.21. The lowest BCUT2D eigenvalue weighted by Crippen LogP contribution is -2.37. The molecule has 3 rings (SSSR count). The van der Waals surface area contributed by atoms with Crippen LogP contribution in [0.25, 0.3) is 0 Å². The monoisotopic (exact) mass is 312 g/mol. The molecule has 0 amide bonds. The predicted octanol–water partition coefficient (Wildman–Crippen LogP) is 3.31. The Morgan fingerprint density at radius 2 is 2.04 bits per heavy atom. The van der Waals surface area contributed by atoms with E-state index in [0.717, 1.165) is 24.0 Å². The van der Waals surface area contributed by atoms with Gasteiger partial charge in [-0.15, -0.1) is 0 Å². The number of Topliss-reactive ketones (excluding diaryl/α,β-unsaturated/α-hetero) is 2. The molecule has 0 radical (unpaired) electrons. The van der Waals surface area contributed by atoms with E-state index in [4.69, 9.17) is 0 Å². The van der Waals surface area contributed by atoms with Crippen molar-refractivity contribution < 1.29 is 14.7 Å². The fraction of sp³-hybridized carbons (Fsp3) is 0.500. The molecule has 4 atom stereocenters. The standard InChI is InChI=1S/C20H24O3/c1-10(2)13-7-6-11(3)16-14(13)8-12(4)18(21)15-9-20(5,23)19(22)17(15)16/h8,13-14,16,23H,1,3,6-7,9H2,2,4-5H3/t13-,14-,16-,20-/m0/s1. The van der Waals surface area contributed by atoms with Gasteiger partial charge < -0.3 is 5.11 Å². The Balaban J connectivity index is 2.21. The predicted molar refractivity (Wildman–Crippen MR) is 89.7 cm³/mol. The Morgan fingerprint density at radius 1 is 1.39 bits per heavy atom. The summed E-state index contributed by atoms with van der Waals surface area (Å²) in [6.07, 6.45) is 3.89. The van der Waals surface area contributed by atoms with Crippen molar-refractivity contribution in [2.75, 3.05) is 0 Å². The van der Waals surface area contributed by atoms with E-state index in [1.807, 2.05) is 13.0 Å². The topological polar surface area (TPSA) is 54.4 Å². The van der Waals surface area contributed by atoms with E-state index in [1.165, 1.54) is 6.92 Å². The third-order valence-corrected chi connectivity index (χ3v) is 5.66. The van der Waals surface area contributed by atoms with Gasteiger partial charge in [-0.05, 0) is 51.0 Å². The number of fused-ring (bicyclic) bond motifs is 2. The lowest BCUT2D eigenvalue weighted by atomic mass is 9.64. The first kappa shape index (κ1) is 16.1. The fourth-order valence-corrected chi connectivity index (χ4v) is 4.46. The van der Waals surface area contributed by atoms with Crippen LogP contribution in [0.4, 0.5) is 0 Å². The van der Waals surface area contributed by atoms with Gasteiger partial charge in [0.2, 0.25) is 0 Å². The quantitative estimate of drug-likeness (QED) is 0.756. The second-order valence-corrected chi connectivity index (χ2v) is 7.56. The van der Waals surface area contributed by atoms with Crippen molar-refractivity contribution in [1.29, 1.82) is 0 Å². The smallest absolute Gasteiger partial charge is 0.191 e. The summed E-state index contributed by atoms with van der Waals surface area (Å²) in [7, 11) is 0. The van der Waals surface area contributed by atoms with Crippen LogP contribution in [0.2, 0.25) is 0 Å². The zero-order valence-electron chi connectivity index (χ0n) is 14.1. The lowest BCUT2D eigenvalue weighted by Gasteiger charge is -2.39. The van der Waals surface area contributed by atoms with Crippen LogP contribution in [-0.4, -0.2) is 22.3 Å². The Kier molecular flexibility index (Phi) is 3.60. The molecule has 3 nitrogen and oxygen atoms in total. The molecule has 1 fully saturated rings. The van der Waals surface area contributed by atoms with E-state index in [9.17, 15) is 14.7 Å². The number of allylic oxidation sites excluding steroid dienone is 4. The van der Waals surface area contributed by atoms with Gasteiger partial charge in [0.15, 0.2) is 11.6 Å². The zero-order chi connectivity index (χ0) is 17.1. The number of hydrogen-bond acceptors (Lipinski definition) is 3. The minimum Gasteiger partial charge on any atom is -0.382 e. The highest BCUT2D eigenvalue weighted by Gasteiger charge is 2.51. The van der Waals surface area contributed by atoms with Gasteiger partial charge in [0.05, 0.1) is 0 Å². The zero-order valence-corrected chi connectivity index (χ0v) is 14.1. The number of rotatable bonds is 1. The Labute approximate surface area is 137 Å². The summed E-state index contributed by atoms with van der Waals surface area (Å²) in [6, 6.07) is 0. The minimum atomic E-state index is -1.47. The van der Waals surface area contributed by atoms with Crippen molar-refractivity contribution in [2.24, 2.45) is 17.8 Å². The van der Waals surface area contributed by atoms with Crippen LogP contribution in [0.15, 0.2) is 47.1 Å². The van der Waals surface area contributed by atoms with Gasteiger partial charge in [0.25, 0.3) is 0 Å². The first-order valence-electron chi connectivity index (χ1n) is 8.21. The van der Waals surface area contributed by atoms with Crippen molar-refractivity contribution in [3.63, 3.8) is 0 Å². The second-order valence-electron chi connectivity index (χ2n) is 7.56. The minimum absolute atomic E-state index is 0.0306.